The third-order valence-electron chi connectivity index (χ3n) is 2.66. The molecule has 1 atom stereocenters. The molecule has 1 aliphatic rings. The van der Waals surface area contributed by atoms with Gasteiger partial charge < -0.3 is 10.8 Å². The molecule has 0 spiro atoms. The first-order valence-electron chi connectivity index (χ1n) is 5.07. The number of hydrogen-bond acceptors (Lipinski definition) is 4. The maximum Gasteiger partial charge on any atom is 0.304 e. The summed E-state index contributed by atoms with van der Waals surface area (Å²) in [6.45, 7) is 0.383. The van der Waals surface area contributed by atoms with Crippen LogP contribution in [-0.2, 0) is 4.79 Å². The third kappa shape index (κ3) is 2.35. The largest absolute Gasteiger partial charge is 0.481 e. The van der Waals surface area contributed by atoms with Crippen LogP contribution in [0.25, 0.3) is 0 Å². The van der Waals surface area contributed by atoms with E-state index in [-0.39, 0.29) is 12.3 Å². The van der Waals surface area contributed by atoms with Crippen molar-refractivity contribution in [3.8, 4) is 0 Å². The molecular formula is C10H14N2O2S. The second-order valence-electron chi connectivity index (χ2n) is 3.91. The van der Waals surface area contributed by atoms with E-state index in [1.54, 1.807) is 5.51 Å². The molecule has 0 aromatic carbocycles. The van der Waals surface area contributed by atoms with Crippen molar-refractivity contribution < 1.29 is 9.90 Å². The van der Waals surface area contributed by atoms with E-state index in [1.807, 2.05) is 0 Å². The van der Waals surface area contributed by atoms with Crippen molar-refractivity contribution in [1.29, 1.82) is 0 Å². The lowest BCUT2D eigenvalue weighted by molar-refractivity contribution is -0.137. The van der Waals surface area contributed by atoms with Gasteiger partial charge in [-0.2, -0.15) is 0 Å². The highest BCUT2D eigenvalue weighted by molar-refractivity contribution is 7.09. The van der Waals surface area contributed by atoms with E-state index in [0.717, 1.165) is 10.6 Å². The molecule has 4 nitrogen and oxygen atoms in total. The van der Waals surface area contributed by atoms with Crippen LogP contribution < -0.4 is 5.73 Å². The summed E-state index contributed by atoms with van der Waals surface area (Å²) in [5, 5.41) is 8.79. The quantitative estimate of drug-likeness (QED) is 0.798. The second-order valence-corrected chi connectivity index (χ2v) is 4.79. The fraction of sp³-hybridized carbons (Fsp3) is 0.600. The second kappa shape index (κ2) is 4.28. The lowest BCUT2D eigenvalue weighted by Gasteiger charge is -2.11. The molecule has 0 saturated heterocycles. The molecule has 0 amide bonds. The lowest BCUT2D eigenvalue weighted by Crippen LogP contribution is -2.16. The van der Waals surface area contributed by atoms with E-state index in [9.17, 15) is 4.79 Å². The lowest BCUT2D eigenvalue weighted by atomic mass is 10.0. The summed E-state index contributed by atoms with van der Waals surface area (Å²) < 4.78 is 0. The molecule has 5 heteroatoms. The highest BCUT2D eigenvalue weighted by Gasteiger charge is 2.31. The summed E-state index contributed by atoms with van der Waals surface area (Å²) >= 11 is 1.54. The molecule has 1 aromatic rings. The van der Waals surface area contributed by atoms with Crippen LogP contribution >= 0.6 is 11.3 Å². The molecule has 15 heavy (non-hydrogen) atoms. The van der Waals surface area contributed by atoms with Crippen LogP contribution in [0.4, 0.5) is 0 Å². The van der Waals surface area contributed by atoms with Crippen molar-refractivity contribution in [2.45, 2.75) is 31.1 Å². The minimum atomic E-state index is -0.791. The first-order valence-corrected chi connectivity index (χ1v) is 5.95. The average Bonchev–Trinajstić information content (AvgIpc) is 2.93. The summed E-state index contributed by atoms with van der Waals surface area (Å²) in [5.74, 6) is -0.291. The Bertz CT molecular complexity index is 360. The summed E-state index contributed by atoms with van der Waals surface area (Å²) in [6, 6.07) is 0. The van der Waals surface area contributed by atoms with Gasteiger partial charge in [-0.3, -0.25) is 4.79 Å². The van der Waals surface area contributed by atoms with Crippen LogP contribution in [0.1, 0.15) is 41.7 Å². The van der Waals surface area contributed by atoms with Gasteiger partial charge in [0.05, 0.1) is 17.6 Å². The Kier molecular flexibility index (Phi) is 3.02. The molecule has 1 aromatic heterocycles. The number of rotatable bonds is 5. The number of thiazole rings is 1. The van der Waals surface area contributed by atoms with E-state index in [0.29, 0.717) is 12.5 Å². The predicted molar refractivity (Wildman–Crippen MR) is 58.1 cm³/mol. The zero-order chi connectivity index (χ0) is 10.8. The van der Waals surface area contributed by atoms with Crippen molar-refractivity contribution in [3.63, 3.8) is 0 Å². The number of carbonyl (C=O) groups is 1. The van der Waals surface area contributed by atoms with Crippen LogP contribution in [0.2, 0.25) is 0 Å². The smallest absolute Gasteiger partial charge is 0.304 e. The van der Waals surface area contributed by atoms with E-state index >= 15 is 0 Å². The maximum absolute atomic E-state index is 10.7. The Morgan fingerprint density at radius 3 is 3.00 bits per heavy atom. The zero-order valence-corrected chi connectivity index (χ0v) is 9.17. The van der Waals surface area contributed by atoms with Gasteiger partial charge in [-0.05, 0) is 12.8 Å². The number of carboxylic acid groups (broad SMARTS) is 1. The molecule has 1 heterocycles. The number of nitrogens with zero attached hydrogens (tertiary/aromatic N) is 1. The third-order valence-corrected chi connectivity index (χ3v) is 3.67. The summed E-state index contributed by atoms with van der Waals surface area (Å²) in [6.07, 6.45) is 2.47. The van der Waals surface area contributed by atoms with E-state index < -0.39 is 5.97 Å². The highest BCUT2D eigenvalue weighted by atomic mass is 32.1. The molecule has 0 aliphatic heterocycles. The summed E-state index contributed by atoms with van der Waals surface area (Å²) in [4.78, 5) is 16.1. The monoisotopic (exact) mass is 226 g/mol. The zero-order valence-electron chi connectivity index (χ0n) is 8.35. The molecule has 0 bridgehead atoms. The maximum atomic E-state index is 10.7. The van der Waals surface area contributed by atoms with Gasteiger partial charge in [0.1, 0.15) is 0 Å². The molecule has 1 unspecified atom stereocenters. The van der Waals surface area contributed by atoms with Crippen molar-refractivity contribution in [2.75, 3.05) is 6.54 Å². The van der Waals surface area contributed by atoms with Gasteiger partial charge in [-0.25, -0.2) is 4.98 Å². The number of aliphatic carboxylic acids is 1. The number of carboxylic acids is 1. The van der Waals surface area contributed by atoms with E-state index in [2.05, 4.69) is 4.98 Å². The van der Waals surface area contributed by atoms with Gasteiger partial charge in [-0.1, -0.05) is 0 Å². The molecule has 3 N–H and O–H groups in total. The van der Waals surface area contributed by atoms with Gasteiger partial charge >= 0.3 is 5.97 Å². The Balaban J connectivity index is 2.17. The van der Waals surface area contributed by atoms with Crippen molar-refractivity contribution in [2.24, 2.45) is 5.73 Å². The number of hydrogen-bond donors (Lipinski definition) is 2. The van der Waals surface area contributed by atoms with Gasteiger partial charge in [0.25, 0.3) is 0 Å². The highest BCUT2D eigenvalue weighted by Crippen LogP contribution is 2.44. The van der Waals surface area contributed by atoms with E-state index in [1.165, 1.54) is 24.2 Å². The normalized spacial score (nSPS) is 17.7. The standard InChI is InChI=1S/C10H14N2O2S/c11-4-7(3-8(13)14)10-9(6-1-2-6)12-5-15-10/h5-7H,1-4,11H2,(H,13,14). The first kappa shape index (κ1) is 10.6. The number of aromatic nitrogens is 1. The Labute approximate surface area is 92.1 Å². The molecule has 82 valence electrons. The fourth-order valence-electron chi connectivity index (χ4n) is 1.73. The van der Waals surface area contributed by atoms with Gasteiger partial charge in [0.2, 0.25) is 0 Å². The molecular weight excluding hydrogens is 212 g/mol. The predicted octanol–water partition coefficient (Wildman–Crippen LogP) is 1.54. The molecule has 2 rings (SSSR count). The van der Waals surface area contributed by atoms with Crippen molar-refractivity contribution in [1.82, 2.24) is 4.98 Å². The Hall–Kier alpha value is -0.940. The average molecular weight is 226 g/mol. The summed E-state index contributed by atoms with van der Waals surface area (Å²) in [7, 11) is 0. The van der Waals surface area contributed by atoms with Gasteiger partial charge in [0, 0.05) is 23.3 Å². The van der Waals surface area contributed by atoms with Crippen LogP contribution in [0.3, 0.4) is 0 Å². The molecule has 1 saturated carbocycles. The first-order chi connectivity index (χ1) is 7.22. The topological polar surface area (TPSA) is 76.2 Å². The fourth-order valence-corrected chi connectivity index (χ4v) is 2.72. The Morgan fingerprint density at radius 2 is 2.47 bits per heavy atom. The molecule has 1 aliphatic carbocycles. The molecule has 1 fully saturated rings. The SMILES string of the molecule is NCC(CC(=O)O)c1scnc1C1CC1. The van der Waals surface area contributed by atoms with Crippen LogP contribution in [0.15, 0.2) is 5.51 Å². The molecule has 0 radical (unpaired) electrons. The van der Waals surface area contributed by atoms with Crippen molar-refractivity contribution >= 4 is 17.3 Å². The minimum Gasteiger partial charge on any atom is -0.481 e. The minimum absolute atomic E-state index is 0.0643. The Morgan fingerprint density at radius 1 is 1.73 bits per heavy atom. The summed E-state index contributed by atoms with van der Waals surface area (Å²) in [5.41, 5.74) is 8.51. The number of nitrogens with two attached hydrogens (primary N) is 1. The van der Waals surface area contributed by atoms with Crippen LogP contribution in [-0.4, -0.2) is 22.6 Å². The van der Waals surface area contributed by atoms with Crippen LogP contribution in [0, 0.1) is 0 Å². The van der Waals surface area contributed by atoms with Crippen LogP contribution in [0.5, 0.6) is 0 Å². The van der Waals surface area contributed by atoms with E-state index in [4.69, 9.17) is 10.8 Å². The van der Waals surface area contributed by atoms with Crippen molar-refractivity contribution in [3.05, 3.63) is 16.1 Å². The van der Waals surface area contributed by atoms with Gasteiger partial charge in [0.15, 0.2) is 0 Å². The van der Waals surface area contributed by atoms with Gasteiger partial charge in [-0.15, -0.1) is 11.3 Å².